The molecule has 78 valence electrons. The maximum absolute atomic E-state index is 10.7. The second kappa shape index (κ2) is 7.03. The molecule has 0 bridgehead atoms. The highest BCUT2D eigenvalue weighted by Gasteiger charge is 2.24. The van der Waals surface area contributed by atoms with Crippen molar-refractivity contribution in [3.8, 4) is 0 Å². The third-order valence-corrected chi connectivity index (χ3v) is 1.25. The van der Waals surface area contributed by atoms with Crippen molar-refractivity contribution in [2.75, 3.05) is 13.2 Å². The zero-order valence-electron chi connectivity index (χ0n) is 8.19. The number of carbonyl (C=O) groups is 2. The fraction of sp³-hybridized carbons (Fsp3) is 0.400. The van der Waals surface area contributed by atoms with Crippen LogP contribution in [0.1, 0.15) is 6.92 Å². The van der Waals surface area contributed by atoms with Gasteiger partial charge in [-0.15, -0.1) is 0 Å². The molecule has 1 fully saturated rings. The monoisotopic (exact) mass is 198 g/mol. The number of hydrogen-bond acceptors (Lipinski definition) is 4. The summed E-state index contributed by atoms with van der Waals surface area (Å²) in [4.78, 5) is 19.8. The van der Waals surface area contributed by atoms with Gasteiger partial charge in [-0.3, -0.25) is 4.79 Å². The van der Waals surface area contributed by atoms with Gasteiger partial charge >= 0.3 is 5.97 Å². The fourth-order valence-corrected chi connectivity index (χ4v) is 0.456. The van der Waals surface area contributed by atoms with Crippen molar-refractivity contribution in [1.82, 2.24) is 0 Å². The van der Waals surface area contributed by atoms with E-state index in [0.717, 1.165) is 0 Å². The summed E-state index contributed by atoms with van der Waals surface area (Å²) < 4.78 is 9.60. The smallest absolute Gasteiger partial charge is 0.333 e. The van der Waals surface area contributed by atoms with Gasteiger partial charge in [0.25, 0.3) is 0 Å². The van der Waals surface area contributed by atoms with Gasteiger partial charge < -0.3 is 9.47 Å². The van der Waals surface area contributed by atoms with E-state index in [2.05, 4.69) is 13.2 Å². The average molecular weight is 198 g/mol. The van der Waals surface area contributed by atoms with Crippen molar-refractivity contribution in [2.24, 2.45) is 0 Å². The molecule has 0 aromatic carbocycles. The normalized spacial score (nSPS) is 17.1. The minimum atomic E-state index is -0.337. The second-order valence-corrected chi connectivity index (χ2v) is 2.71. The van der Waals surface area contributed by atoms with Crippen LogP contribution in [0.2, 0.25) is 0 Å². The van der Waals surface area contributed by atoms with Crippen molar-refractivity contribution < 1.29 is 19.1 Å². The number of esters is 1. The Kier molecular flexibility index (Phi) is 6.32. The molecule has 14 heavy (non-hydrogen) atoms. The highest BCUT2D eigenvalue weighted by Crippen LogP contribution is 2.09. The molecule has 1 unspecified atom stereocenters. The Balaban J connectivity index is 0.000000364. The van der Waals surface area contributed by atoms with Gasteiger partial charge in [0.2, 0.25) is 0 Å². The quantitative estimate of drug-likeness (QED) is 0.291. The molecule has 0 saturated carbocycles. The van der Waals surface area contributed by atoms with Crippen LogP contribution < -0.4 is 0 Å². The SMILES string of the molecule is C=C(C)C(=O)OCC1CO1.C=CC=O. The predicted molar refractivity (Wildman–Crippen MR) is 51.8 cm³/mol. The molecule has 1 atom stereocenters. The van der Waals surface area contributed by atoms with Crippen LogP contribution in [0.4, 0.5) is 0 Å². The van der Waals surface area contributed by atoms with Crippen LogP contribution in [0.25, 0.3) is 0 Å². The molecule has 0 N–H and O–H groups in total. The minimum absolute atomic E-state index is 0.142. The Hall–Kier alpha value is -1.42. The Morgan fingerprint density at radius 1 is 1.71 bits per heavy atom. The maximum atomic E-state index is 10.7. The van der Waals surface area contributed by atoms with Crippen LogP contribution >= 0.6 is 0 Å². The van der Waals surface area contributed by atoms with E-state index in [9.17, 15) is 4.79 Å². The lowest BCUT2D eigenvalue weighted by atomic mass is 10.4. The summed E-state index contributed by atoms with van der Waals surface area (Å²) in [5.41, 5.74) is 0.431. The first-order chi connectivity index (χ1) is 6.61. The van der Waals surface area contributed by atoms with Crippen LogP contribution in [0, 0.1) is 0 Å². The topological polar surface area (TPSA) is 55.9 Å². The summed E-state index contributed by atoms with van der Waals surface area (Å²) in [7, 11) is 0. The Bertz CT molecular complexity index is 222. The molecule has 4 heteroatoms. The minimum Gasteiger partial charge on any atom is -0.459 e. The summed E-state index contributed by atoms with van der Waals surface area (Å²) in [6, 6.07) is 0. The van der Waals surface area contributed by atoms with Crippen LogP contribution in [-0.2, 0) is 19.1 Å². The van der Waals surface area contributed by atoms with E-state index in [1.165, 1.54) is 6.08 Å². The summed E-state index contributed by atoms with van der Waals surface area (Å²) in [6.45, 7) is 9.25. The molecule has 0 radical (unpaired) electrons. The van der Waals surface area contributed by atoms with E-state index in [0.29, 0.717) is 25.1 Å². The van der Waals surface area contributed by atoms with E-state index in [1.54, 1.807) is 6.92 Å². The van der Waals surface area contributed by atoms with Crippen molar-refractivity contribution in [3.05, 3.63) is 24.8 Å². The lowest BCUT2D eigenvalue weighted by Crippen LogP contribution is -2.09. The zero-order chi connectivity index (χ0) is 11.0. The molecule has 0 aliphatic carbocycles. The fourth-order valence-electron chi connectivity index (χ4n) is 0.456. The third-order valence-electron chi connectivity index (χ3n) is 1.25. The largest absolute Gasteiger partial charge is 0.459 e. The molecular formula is C10H14O4. The molecule has 1 aliphatic heterocycles. The van der Waals surface area contributed by atoms with E-state index < -0.39 is 0 Å². The Labute approximate surface area is 83.2 Å². The highest BCUT2D eigenvalue weighted by atomic mass is 16.6. The van der Waals surface area contributed by atoms with E-state index in [4.69, 9.17) is 14.3 Å². The van der Waals surface area contributed by atoms with Crippen molar-refractivity contribution >= 4 is 12.3 Å². The summed E-state index contributed by atoms with van der Waals surface area (Å²) in [5, 5.41) is 0. The summed E-state index contributed by atoms with van der Waals surface area (Å²) in [5.74, 6) is -0.337. The molecule has 1 heterocycles. The number of hydrogen-bond donors (Lipinski definition) is 0. The lowest BCUT2D eigenvalue weighted by molar-refractivity contribution is -0.139. The zero-order valence-corrected chi connectivity index (χ0v) is 8.19. The lowest BCUT2D eigenvalue weighted by Gasteiger charge is -1.99. The number of allylic oxidation sites excluding steroid dienone is 1. The van der Waals surface area contributed by atoms with Gasteiger partial charge in [0.15, 0.2) is 0 Å². The van der Waals surface area contributed by atoms with Gasteiger partial charge in [-0.1, -0.05) is 13.2 Å². The first-order valence-electron chi connectivity index (χ1n) is 4.12. The molecule has 0 amide bonds. The van der Waals surface area contributed by atoms with Crippen LogP contribution in [0.15, 0.2) is 24.8 Å². The van der Waals surface area contributed by atoms with Gasteiger partial charge in [0.1, 0.15) is 19.0 Å². The molecule has 0 spiro atoms. The van der Waals surface area contributed by atoms with Gasteiger partial charge in [0, 0.05) is 5.57 Å². The molecule has 1 saturated heterocycles. The van der Waals surface area contributed by atoms with Crippen LogP contribution in [0.3, 0.4) is 0 Å². The van der Waals surface area contributed by atoms with Crippen LogP contribution in [-0.4, -0.2) is 31.6 Å². The predicted octanol–water partition coefficient (Wildman–Crippen LogP) is 0.876. The molecular weight excluding hydrogens is 184 g/mol. The standard InChI is InChI=1S/C7H10O3.C3H4O/c1-5(2)7(8)10-4-6-3-9-6;1-2-3-4/h6H,1,3-4H2,2H3;2-3H,1H2. The highest BCUT2D eigenvalue weighted by molar-refractivity contribution is 5.86. The molecule has 4 nitrogen and oxygen atoms in total. The molecule has 1 rings (SSSR count). The number of epoxide rings is 1. The van der Waals surface area contributed by atoms with Gasteiger partial charge in [-0.25, -0.2) is 4.79 Å². The van der Waals surface area contributed by atoms with Gasteiger partial charge in [-0.05, 0) is 13.0 Å². The first-order valence-corrected chi connectivity index (χ1v) is 4.12. The van der Waals surface area contributed by atoms with Gasteiger partial charge in [0.05, 0.1) is 6.61 Å². The van der Waals surface area contributed by atoms with Crippen molar-refractivity contribution in [2.45, 2.75) is 13.0 Å². The Morgan fingerprint density at radius 2 is 2.21 bits per heavy atom. The number of rotatable bonds is 4. The van der Waals surface area contributed by atoms with Crippen molar-refractivity contribution in [3.63, 3.8) is 0 Å². The first kappa shape index (κ1) is 12.6. The van der Waals surface area contributed by atoms with E-state index >= 15 is 0 Å². The molecule has 0 aromatic rings. The van der Waals surface area contributed by atoms with E-state index in [-0.39, 0.29) is 12.1 Å². The van der Waals surface area contributed by atoms with Gasteiger partial charge in [-0.2, -0.15) is 0 Å². The summed E-state index contributed by atoms with van der Waals surface area (Å²) >= 11 is 0. The summed E-state index contributed by atoms with van der Waals surface area (Å²) in [6.07, 6.45) is 1.98. The molecule has 0 aromatic heterocycles. The van der Waals surface area contributed by atoms with Crippen molar-refractivity contribution in [1.29, 1.82) is 0 Å². The molecule has 1 aliphatic rings. The number of carbonyl (C=O) groups excluding carboxylic acids is 2. The average Bonchev–Trinajstić information content (AvgIpc) is 2.98. The Morgan fingerprint density at radius 3 is 2.50 bits per heavy atom. The third kappa shape index (κ3) is 7.24. The number of ether oxygens (including phenoxy) is 2. The number of aldehydes is 1. The van der Waals surface area contributed by atoms with E-state index in [1.807, 2.05) is 0 Å². The second-order valence-electron chi connectivity index (χ2n) is 2.71. The van der Waals surface area contributed by atoms with Crippen LogP contribution in [0.5, 0.6) is 0 Å². The maximum Gasteiger partial charge on any atom is 0.333 e.